The molecule has 1 saturated heterocycles. The molecule has 2 aromatic heterocycles. The van der Waals surface area contributed by atoms with Gasteiger partial charge < -0.3 is 10.1 Å². The van der Waals surface area contributed by atoms with Gasteiger partial charge in [0.25, 0.3) is 0 Å². The molecule has 1 fully saturated rings. The van der Waals surface area contributed by atoms with Gasteiger partial charge in [0.15, 0.2) is 11.5 Å². The summed E-state index contributed by atoms with van der Waals surface area (Å²) in [6.45, 7) is 8.73. The molecule has 0 aliphatic carbocycles. The predicted octanol–water partition coefficient (Wildman–Crippen LogP) is 6.59. The molecule has 1 N–H and O–H groups in total. The van der Waals surface area contributed by atoms with E-state index in [2.05, 4.69) is 49.0 Å². The van der Waals surface area contributed by atoms with Gasteiger partial charge >= 0.3 is 0 Å². The Morgan fingerprint density at radius 2 is 1.77 bits per heavy atom. The number of rotatable bonds is 6. The molecule has 1 aliphatic heterocycles. The Bertz CT molecular complexity index is 1270. The topological polar surface area (TPSA) is 87.9 Å². The van der Waals surface area contributed by atoms with Crippen LogP contribution in [0.4, 0.5) is 0 Å². The number of carbonyl (C=O) groups excluding carboxylic acids is 1. The summed E-state index contributed by atoms with van der Waals surface area (Å²) in [5.41, 5.74) is 2.33. The number of benzene rings is 1. The Labute approximate surface area is 211 Å². The lowest BCUT2D eigenvalue weighted by Gasteiger charge is -2.46. The average Bonchev–Trinajstić information content (AvgIpc) is 2.78. The van der Waals surface area contributed by atoms with Crippen LogP contribution in [0.15, 0.2) is 55.1 Å². The molecule has 0 unspecified atom stereocenters. The monoisotopic (exact) mass is 488 g/mol. The van der Waals surface area contributed by atoms with Crippen molar-refractivity contribution in [3.05, 3.63) is 71.3 Å². The van der Waals surface area contributed by atoms with E-state index in [0.29, 0.717) is 45.6 Å². The summed E-state index contributed by atoms with van der Waals surface area (Å²) >= 11 is 6.51. The highest BCUT2D eigenvalue weighted by atomic mass is 35.5. The number of piperidine rings is 1. The molecule has 3 aromatic rings. The summed E-state index contributed by atoms with van der Waals surface area (Å²) in [5, 5.41) is 13.8. The van der Waals surface area contributed by atoms with Crippen LogP contribution in [0.25, 0.3) is 11.1 Å². The van der Waals surface area contributed by atoms with Crippen LogP contribution in [-0.4, -0.2) is 26.8 Å². The van der Waals surface area contributed by atoms with Crippen molar-refractivity contribution >= 4 is 17.4 Å². The molecule has 180 valence electrons. The molecule has 4 rings (SSSR count). The highest BCUT2D eigenvalue weighted by molar-refractivity contribution is 6.32. The largest absolute Gasteiger partial charge is 0.453 e. The third-order valence-corrected chi connectivity index (χ3v) is 6.53. The van der Waals surface area contributed by atoms with Crippen LogP contribution in [0.1, 0.15) is 62.9 Å². The van der Waals surface area contributed by atoms with Crippen LogP contribution < -0.4 is 10.1 Å². The first-order valence-electron chi connectivity index (χ1n) is 11.7. The molecular weight excluding hydrogens is 460 g/mol. The van der Waals surface area contributed by atoms with Gasteiger partial charge in [-0.2, -0.15) is 5.26 Å². The van der Waals surface area contributed by atoms with Gasteiger partial charge in [0, 0.05) is 47.2 Å². The van der Waals surface area contributed by atoms with E-state index in [0.717, 1.165) is 18.4 Å². The number of ether oxygens (including phenoxy) is 1. The summed E-state index contributed by atoms with van der Waals surface area (Å²) in [6, 6.07) is 10.9. The molecule has 0 bridgehead atoms. The zero-order chi connectivity index (χ0) is 25.2. The lowest BCUT2D eigenvalue weighted by Crippen LogP contribution is -2.57. The van der Waals surface area contributed by atoms with Gasteiger partial charge in [0.2, 0.25) is 0 Å². The van der Waals surface area contributed by atoms with Gasteiger partial charge in [0.05, 0.1) is 11.2 Å². The van der Waals surface area contributed by atoms with Gasteiger partial charge in [-0.05, 0) is 82.3 Å². The molecule has 0 atom stereocenters. The minimum absolute atomic E-state index is 0.0146. The third-order valence-electron chi connectivity index (χ3n) is 6.24. The van der Waals surface area contributed by atoms with Crippen LogP contribution in [0.5, 0.6) is 11.5 Å². The summed E-state index contributed by atoms with van der Waals surface area (Å²) in [5.74, 6) is 1.01. The Balaban J connectivity index is 1.53. The van der Waals surface area contributed by atoms with Gasteiger partial charge in [-0.25, -0.2) is 0 Å². The van der Waals surface area contributed by atoms with Crippen molar-refractivity contribution in [1.29, 1.82) is 5.26 Å². The first-order valence-corrected chi connectivity index (χ1v) is 12.0. The van der Waals surface area contributed by atoms with Gasteiger partial charge in [-0.15, -0.1) is 0 Å². The number of pyridine rings is 2. The molecule has 0 radical (unpaired) electrons. The lowest BCUT2D eigenvalue weighted by molar-refractivity contribution is 0.0864. The Hall–Kier alpha value is -3.27. The zero-order valence-corrected chi connectivity index (χ0v) is 21.2. The highest BCUT2D eigenvalue weighted by Gasteiger charge is 2.38. The van der Waals surface area contributed by atoms with E-state index in [1.54, 1.807) is 48.9 Å². The molecule has 3 heterocycles. The van der Waals surface area contributed by atoms with Gasteiger partial charge in [-0.3, -0.25) is 14.8 Å². The number of nitrogens with one attached hydrogen (secondary N) is 1. The quantitative estimate of drug-likeness (QED) is 0.394. The molecule has 1 aromatic carbocycles. The van der Waals surface area contributed by atoms with Gasteiger partial charge in [0.1, 0.15) is 17.4 Å². The molecule has 0 amide bonds. The van der Waals surface area contributed by atoms with Crippen molar-refractivity contribution in [3.63, 3.8) is 0 Å². The van der Waals surface area contributed by atoms with E-state index in [1.165, 1.54) is 6.20 Å². The first kappa shape index (κ1) is 24.8. The van der Waals surface area contributed by atoms with E-state index in [4.69, 9.17) is 16.3 Å². The number of hydrogen-bond donors (Lipinski definition) is 1. The fraction of sp³-hybridized carbons (Fsp3) is 0.357. The van der Waals surface area contributed by atoms with Crippen molar-refractivity contribution in [2.45, 2.75) is 58.0 Å². The number of Topliss-reactive ketones (excluding diaryl/α,β-unsaturated/α-hetero) is 1. The lowest BCUT2D eigenvalue weighted by atomic mass is 9.74. The van der Waals surface area contributed by atoms with Crippen LogP contribution in [0.2, 0.25) is 5.02 Å². The Morgan fingerprint density at radius 3 is 2.40 bits per heavy atom. The Morgan fingerprint density at radius 1 is 1.09 bits per heavy atom. The van der Waals surface area contributed by atoms with Crippen LogP contribution in [-0.2, 0) is 0 Å². The van der Waals surface area contributed by atoms with Crippen molar-refractivity contribution in [1.82, 2.24) is 15.3 Å². The third kappa shape index (κ3) is 5.87. The maximum atomic E-state index is 13.1. The van der Waals surface area contributed by atoms with Crippen molar-refractivity contribution in [3.8, 4) is 28.7 Å². The second-order valence-electron chi connectivity index (χ2n) is 10.4. The van der Waals surface area contributed by atoms with Crippen LogP contribution >= 0.6 is 11.6 Å². The highest BCUT2D eigenvalue weighted by Crippen LogP contribution is 2.37. The molecule has 35 heavy (non-hydrogen) atoms. The zero-order valence-electron chi connectivity index (χ0n) is 20.4. The number of hydrogen-bond acceptors (Lipinski definition) is 6. The normalized spacial score (nSPS) is 16.9. The number of halogens is 1. The molecule has 6 nitrogen and oxygen atoms in total. The molecule has 0 saturated carbocycles. The molecule has 0 spiro atoms. The fourth-order valence-electron chi connectivity index (χ4n) is 5.32. The van der Waals surface area contributed by atoms with Gasteiger partial charge in [-0.1, -0.05) is 11.6 Å². The maximum Gasteiger partial charge on any atom is 0.164 e. The second kappa shape index (κ2) is 9.77. The van der Waals surface area contributed by atoms with E-state index in [1.807, 2.05) is 0 Å². The van der Waals surface area contributed by atoms with Crippen molar-refractivity contribution in [2.24, 2.45) is 5.92 Å². The van der Waals surface area contributed by atoms with E-state index in [-0.39, 0.29) is 16.9 Å². The number of aromatic nitrogens is 2. The molecule has 1 aliphatic rings. The minimum Gasteiger partial charge on any atom is -0.453 e. The van der Waals surface area contributed by atoms with Crippen LogP contribution in [0, 0.1) is 17.2 Å². The minimum atomic E-state index is -0.0146. The fourth-order valence-corrected chi connectivity index (χ4v) is 5.54. The standard InChI is InChI=1S/C28H29ClN4O2/c1-27(2)13-18(14-28(3,4)33-27)11-24(34)20-5-6-25(23(29)12-20)35-26-17-32-16-22(21(26)15-30)19-7-9-31-10-8-19/h5-10,12,16-18,33H,11,13-14H2,1-4H3. The van der Waals surface area contributed by atoms with E-state index in [9.17, 15) is 10.1 Å². The summed E-state index contributed by atoms with van der Waals surface area (Å²) in [6.07, 6.45) is 8.77. The summed E-state index contributed by atoms with van der Waals surface area (Å²) < 4.78 is 5.98. The molecular formula is C28H29ClN4O2. The summed E-state index contributed by atoms with van der Waals surface area (Å²) in [7, 11) is 0. The average molecular weight is 489 g/mol. The van der Waals surface area contributed by atoms with Crippen molar-refractivity contribution < 1.29 is 9.53 Å². The number of ketones is 1. The second-order valence-corrected chi connectivity index (χ2v) is 10.9. The maximum absolute atomic E-state index is 13.1. The first-order chi connectivity index (χ1) is 16.6. The predicted molar refractivity (Wildman–Crippen MR) is 137 cm³/mol. The van der Waals surface area contributed by atoms with E-state index < -0.39 is 0 Å². The number of nitrogens with zero attached hydrogens (tertiary/aromatic N) is 3. The van der Waals surface area contributed by atoms with Crippen LogP contribution in [0.3, 0.4) is 0 Å². The smallest absolute Gasteiger partial charge is 0.164 e. The SMILES string of the molecule is CC1(C)CC(CC(=O)c2ccc(Oc3cncc(-c4ccncc4)c3C#N)c(Cl)c2)CC(C)(C)N1. The number of nitriles is 1. The number of carbonyl (C=O) groups is 1. The van der Waals surface area contributed by atoms with E-state index >= 15 is 0 Å². The van der Waals surface area contributed by atoms with Crippen molar-refractivity contribution in [2.75, 3.05) is 0 Å². The summed E-state index contributed by atoms with van der Waals surface area (Å²) in [4.78, 5) is 21.3. The Kier molecular flexibility index (Phi) is 6.93. The molecule has 7 heteroatoms.